The predicted octanol–water partition coefficient (Wildman–Crippen LogP) is 9.71. The minimum Gasteiger partial charge on any atom is -0.457 e. The van der Waals surface area contributed by atoms with Crippen LogP contribution >= 0.6 is 7.82 Å². The van der Waals surface area contributed by atoms with Crippen LogP contribution in [-0.4, -0.2) is 73.5 Å². The Kier molecular flexibility index (Phi) is 28.5. The second kappa shape index (κ2) is 31.6. The van der Waals surface area contributed by atoms with Gasteiger partial charge in [-0.1, -0.05) is 134 Å². The molecule has 1 aliphatic carbocycles. The number of carbonyl (C=O) groups excluding carboxylic acids is 1. The quantitative estimate of drug-likeness (QED) is 0.0138. The first-order valence-corrected chi connectivity index (χ1v) is 22.5. The number of carbonyl (C=O) groups is 1. The number of esters is 1. The third-order valence-corrected chi connectivity index (χ3v) is 11.0. The normalized spacial score (nSPS) is 22.2. The molecular weight excluding hydrogens is 713 g/mol. The molecule has 0 spiro atoms. The van der Waals surface area contributed by atoms with Gasteiger partial charge in [-0.05, 0) is 38.5 Å². The first-order chi connectivity index (χ1) is 26.3. The molecular formula is C41H74NO11P. The van der Waals surface area contributed by atoms with E-state index in [1.807, 2.05) is 18.2 Å². The molecule has 1 saturated heterocycles. The lowest BCUT2D eigenvalue weighted by Crippen LogP contribution is -2.29. The molecule has 2 aliphatic rings. The average Bonchev–Trinajstić information content (AvgIpc) is 3.78. The Morgan fingerprint density at radius 1 is 0.833 bits per heavy atom. The number of phosphoric acid groups is 1. The third-order valence-electron chi connectivity index (χ3n) is 9.99. The summed E-state index contributed by atoms with van der Waals surface area (Å²) in [5, 5.41) is 9.30. The van der Waals surface area contributed by atoms with Gasteiger partial charge >= 0.3 is 13.8 Å². The van der Waals surface area contributed by atoms with E-state index in [1.165, 1.54) is 77.0 Å². The van der Waals surface area contributed by atoms with Crippen LogP contribution in [0.5, 0.6) is 0 Å². The molecule has 7 atom stereocenters. The largest absolute Gasteiger partial charge is 0.472 e. The van der Waals surface area contributed by atoms with Crippen molar-refractivity contribution in [3.8, 4) is 0 Å². The second-order valence-corrected chi connectivity index (χ2v) is 16.1. The number of hydrogen-bond acceptors (Lipinski definition) is 11. The van der Waals surface area contributed by atoms with Crippen molar-refractivity contribution < 1.29 is 52.7 Å². The number of allylic oxidation sites excluding steroid dienone is 3. The fraction of sp³-hybridized carbons (Fsp3) is 0.829. The minimum atomic E-state index is -4.33. The van der Waals surface area contributed by atoms with E-state index < -0.39 is 26.0 Å². The molecule has 13 heteroatoms. The first kappa shape index (κ1) is 48.7. The van der Waals surface area contributed by atoms with Crippen molar-refractivity contribution in [2.75, 3.05) is 33.0 Å². The van der Waals surface area contributed by atoms with Crippen molar-refractivity contribution in [3.63, 3.8) is 0 Å². The highest BCUT2D eigenvalue weighted by molar-refractivity contribution is 7.47. The molecule has 0 aromatic rings. The maximum atomic E-state index is 12.7. The lowest BCUT2D eigenvalue weighted by Gasteiger charge is -2.27. The zero-order valence-corrected chi connectivity index (χ0v) is 34.3. The van der Waals surface area contributed by atoms with E-state index >= 15 is 0 Å². The van der Waals surface area contributed by atoms with Crippen LogP contribution in [0, 0.1) is 11.8 Å². The van der Waals surface area contributed by atoms with Crippen LogP contribution in [0.4, 0.5) is 0 Å². The third kappa shape index (κ3) is 23.0. The monoisotopic (exact) mass is 787 g/mol. The Balaban J connectivity index is 1.67. The van der Waals surface area contributed by atoms with Gasteiger partial charge in [0.05, 0.1) is 25.9 Å². The number of fused-ring (bicyclic) bond motifs is 2. The minimum absolute atomic E-state index is 0.0166. The van der Waals surface area contributed by atoms with Gasteiger partial charge in [0.2, 0.25) is 0 Å². The number of unbranched alkanes of at least 4 members (excludes halogenated alkanes) is 14. The Hall–Kier alpha value is -1.44. The van der Waals surface area contributed by atoms with Crippen LogP contribution in [0.15, 0.2) is 36.5 Å². The van der Waals surface area contributed by atoms with Gasteiger partial charge in [0.25, 0.3) is 0 Å². The van der Waals surface area contributed by atoms with E-state index in [1.54, 1.807) is 0 Å². The summed E-state index contributed by atoms with van der Waals surface area (Å²) < 4.78 is 33.5. The smallest absolute Gasteiger partial charge is 0.457 e. The molecule has 314 valence electrons. The van der Waals surface area contributed by atoms with Crippen LogP contribution < -0.4 is 5.73 Å². The summed E-state index contributed by atoms with van der Waals surface area (Å²) >= 11 is 0. The number of nitrogens with two attached hydrogens (primary N) is 1. The van der Waals surface area contributed by atoms with Gasteiger partial charge in [-0.3, -0.25) is 19.1 Å². The summed E-state index contributed by atoms with van der Waals surface area (Å²) in [6, 6.07) is 0. The standard InChI is InChI=1S/C41H74NO11P/c1-3-5-7-8-9-10-11-12-13-14-15-16-19-23-30-47-33-36(34-49-54(45,46)48-31-29-42)50-41(43)26-22-18-17-21-25-37-38(40-32-39(37)52-53-40)28-27-35(51-44)24-20-6-4-2/h6,17,20-21,27-28,35-40,44H,3-5,7-16,18-19,22-26,29-34,42H2,1-2H3,(H,45,46)/b20-6-,21-17-,28-27+. The van der Waals surface area contributed by atoms with Crippen molar-refractivity contribution in [1.29, 1.82) is 0 Å². The first-order valence-electron chi connectivity index (χ1n) is 21.0. The van der Waals surface area contributed by atoms with Gasteiger partial charge in [-0.25, -0.2) is 19.2 Å². The highest BCUT2D eigenvalue weighted by Crippen LogP contribution is 2.45. The van der Waals surface area contributed by atoms with Crippen molar-refractivity contribution in [1.82, 2.24) is 0 Å². The summed E-state index contributed by atoms with van der Waals surface area (Å²) in [4.78, 5) is 38.3. The molecule has 0 aromatic carbocycles. The van der Waals surface area contributed by atoms with E-state index in [9.17, 15) is 19.5 Å². The number of phosphoric ester groups is 1. The van der Waals surface area contributed by atoms with Gasteiger partial charge in [0.1, 0.15) is 18.3 Å². The fourth-order valence-corrected chi connectivity index (χ4v) is 7.68. The van der Waals surface area contributed by atoms with E-state index in [0.717, 1.165) is 32.1 Å². The maximum absolute atomic E-state index is 12.7. The summed E-state index contributed by atoms with van der Waals surface area (Å²) in [6.07, 6.45) is 33.4. The van der Waals surface area contributed by atoms with Crippen molar-refractivity contribution in [2.24, 2.45) is 17.6 Å². The van der Waals surface area contributed by atoms with Crippen LogP contribution in [0.3, 0.4) is 0 Å². The van der Waals surface area contributed by atoms with Crippen LogP contribution in [-0.2, 0) is 42.5 Å². The van der Waals surface area contributed by atoms with Gasteiger partial charge in [0, 0.05) is 37.8 Å². The number of hydrogen-bond donors (Lipinski definition) is 3. The molecule has 2 fully saturated rings. The van der Waals surface area contributed by atoms with E-state index in [-0.39, 0.29) is 56.8 Å². The zero-order valence-electron chi connectivity index (χ0n) is 33.4. The van der Waals surface area contributed by atoms with Crippen LogP contribution in [0.1, 0.15) is 149 Å². The van der Waals surface area contributed by atoms with Crippen LogP contribution in [0.2, 0.25) is 0 Å². The molecule has 0 aromatic heterocycles. The van der Waals surface area contributed by atoms with Gasteiger partial charge < -0.3 is 20.1 Å². The molecule has 4 N–H and O–H groups in total. The maximum Gasteiger partial charge on any atom is 0.472 e. The molecule has 1 saturated carbocycles. The Morgan fingerprint density at radius 2 is 1.50 bits per heavy atom. The molecule has 1 aliphatic heterocycles. The van der Waals surface area contributed by atoms with Gasteiger partial charge in [-0.2, -0.15) is 0 Å². The molecule has 0 amide bonds. The Bertz CT molecular complexity index is 1070. The van der Waals surface area contributed by atoms with Crippen molar-refractivity contribution in [2.45, 2.75) is 173 Å². The number of ether oxygens (including phenoxy) is 2. The Labute approximate surface area is 326 Å². The lowest BCUT2D eigenvalue weighted by molar-refractivity contribution is -0.336. The molecule has 2 bridgehead atoms. The van der Waals surface area contributed by atoms with Gasteiger partial charge in [-0.15, -0.1) is 0 Å². The molecule has 0 radical (unpaired) electrons. The van der Waals surface area contributed by atoms with Crippen molar-refractivity contribution >= 4 is 13.8 Å². The molecule has 2 rings (SSSR count). The summed E-state index contributed by atoms with van der Waals surface area (Å²) in [6.45, 7) is 4.51. The Morgan fingerprint density at radius 3 is 2.15 bits per heavy atom. The SMILES string of the molecule is CC/C=C\CC(/C=C/C1C2CC(OO2)C1C/C=C\CCCC(=O)OC(COCCCCCCCCCCCCCCCC)COP(=O)(O)OCCN)OO. The number of rotatable bonds is 36. The van der Waals surface area contributed by atoms with E-state index in [2.05, 4.69) is 37.0 Å². The topological polar surface area (TPSA) is 165 Å². The summed E-state index contributed by atoms with van der Waals surface area (Å²) in [5.41, 5.74) is 5.37. The highest BCUT2D eigenvalue weighted by atomic mass is 31.2. The highest BCUT2D eigenvalue weighted by Gasteiger charge is 2.49. The van der Waals surface area contributed by atoms with E-state index in [4.69, 9.17) is 34.0 Å². The summed E-state index contributed by atoms with van der Waals surface area (Å²) in [5.74, 6) is -0.0266. The molecule has 1 heterocycles. The fourth-order valence-electron chi connectivity index (χ4n) is 6.92. The van der Waals surface area contributed by atoms with Gasteiger partial charge in [0.15, 0.2) is 0 Å². The lowest BCUT2D eigenvalue weighted by atomic mass is 9.89. The molecule has 12 nitrogen and oxygen atoms in total. The van der Waals surface area contributed by atoms with Crippen LogP contribution in [0.25, 0.3) is 0 Å². The molecule has 7 unspecified atom stereocenters. The predicted molar refractivity (Wildman–Crippen MR) is 211 cm³/mol. The summed E-state index contributed by atoms with van der Waals surface area (Å²) in [7, 11) is -4.33. The zero-order chi connectivity index (χ0) is 39.1. The molecule has 54 heavy (non-hydrogen) atoms. The second-order valence-electron chi connectivity index (χ2n) is 14.7. The van der Waals surface area contributed by atoms with Crippen molar-refractivity contribution in [3.05, 3.63) is 36.5 Å². The van der Waals surface area contributed by atoms with E-state index in [0.29, 0.717) is 25.9 Å². The average molecular weight is 788 g/mol.